The zero-order chi connectivity index (χ0) is 9.68. The van der Waals surface area contributed by atoms with Gasteiger partial charge in [0.25, 0.3) is 0 Å². The van der Waals surface area contributed by atoms with Crippen LogP contribution in [0.25, 0.3) is 0 Å². The predicted molar refractivity (Wildman–Crippen MR) is 51.7 cm³/mol. The Hall–Kier alpha value is -0.570. The van der Waals surface area contributed by atoms with Gasteiger partial charge >= 0.3 is 5.97 Å². The molecule has 1 N–H and O–H groups in total. The van der Waals surface area contributed by atoms with Crippen molar-refractivity contribution in [1.82, 2.24) is 4.90 Å². The maximum Gasteiger partial charge on any atom is 0.303 e. The van der Waals surface area contributed by atoms with E-state index in [2.05, 4.69) is 11.8 Å². The number of hydrogen-bond donors (Lipinski definition) is 1. The van der Waals surface area contributed by atoms with Gasteiger partial charge in [0.2, 0.25) is 0 Å². The van der Waals surface area contributed by atoms with Crippen molar-refractivity contribution in [2.24, 2.45) is 5.92 Å². The summed E-state index contributed by atoms with van der Waals surface area (Å²) in [4.78, 5) is 12.6. The summed E-state index contributed by atoms with van der Waals surface area (Å²) >= 11 is 0. The van der Waals surface area contributed by atoms with Crippen molar-refractivity contribution in [2.45, 2.75) is 32.6 Å². The first-order valence-electron chi connectivity index (χ1n) is 5.16. The Morgan fingerprint density at radius 1 is 1.54 bits per heavy atom. The molecule has 0 atom stereocenters. The summed E-state index contributed by atoms with van der Waals surface area (Å²) in [5, 5.41) is 8.43. The summed E-state index contributed by atoms with van der Waals surface area (Å²) in [7, 11) is 0. The molecule has 0 aromatic heterocycles. The third-order valence-electron chi connectivity index (χ3n) is 2.59. The van der Waals surface area contributed by atoms with Gasteiger partial charge in [-0.2, -0.15) is 0 Å². The van der Waals surface area contributed by atoms with E-state index in [0.29, 0.717) is 6.42 Å². The minimum atomic E-state index is -0.675. The van der Waals surface area contributed by atoms with Crippen molar-refractivity contribution in [3.05, 3.63) is 0 Å². The van der Waals surface area contributed by atoms with Crippen LogP contribution in [0.1, 0.15) is 32.6 Å². The standard InChI is InChI=1S/C10H19NO2/c1-2-4-9-7-11(8-9)6-3-5-10(12)13/h9H,2-8H2,1H3,(H,12,13). The topological polar surface area (TPSA) is 40.5 Å². The summed E-state index contributed by atoms with van der Waals surface area (Å²) in [6, 6.07) is 0. The average molecular weight is 185 g/mol. The highest BCUT2D eigenvalue weighted by atomic mass is 16.4. The number of carboxylic acid groups (broad SMARTS) is 1. The summed E-state index contributed by atoms with van der Waals surface area (Å²) in [6.07, 6.45) is 3.71. The number of carboxylic acids is 1. The minimum absolute atomic E-state index is 0.314. The van der Waals surface area contributed by atoms with E-state index in [-0.39, 0.29) is 0 Å². The molecule has 0 unspecified atom stereocenters. The second-order valence-corrected chi connectivity index (χ2v) is 3.91. The highest BCUT2D eigenvalue weighted by molar-refractivity contribution is 5.66. The number of hydrogen-bond acceptors (Lipinski definition) is 2. The van der Waals surface area contributed by atoms with E-state index in [1.807, 2.05) is 0 Å². The highest BCUT2D eigenvalue weighted by Crippen LogP contribution is 2.20. The van der Waals surface area contributed by atoms with Gasteiger partial charge in [-0.05, 0) is 25.3 Å². The largest absolute Gasteiger partial charge is 0.481 e. The van der Waals surface area contributed by atoms with Crippen LogP contribution < -0.4 is 0 Å². The van der Waals surface area contributed by atoms with Crippen LogP contribution in [0.15, 0.2) is 0 Å². The molecule has 1 heterocycles. The molecule has 0 amide bonds. The Kier molecular flexibility index (Phi) is 4.22. The number of aliphatic carboxylic acids is 1. The summed E-state index contributed by atoms with van der Waals surface area (Å²) in [5.74, 6) is 0.209. The third-order valence-corrected chi connectivity index (χ3v) is 2.59. The molecule has 1 fully saturated rings. The van der Waals surface area contributed by atoms with Crippen LogP contribution in [-0.4, -0.2) is 35.6 Å². The van der Waals surface area contributed by atoms with Crippen molar-refractivity contribution in [2.75, 3.05) is 19.6 Å². The summed E-state index contributed by atoms with van der Waals surface area (Å²) in [6.45, 7) is 5.56. The Labute approximate surface area is 79.7 Å². The van der Waals surface area contributed by atoms with Crippen molar-refractivity contribution >= 4 is 5.97 Å². The Balaban J connectivity index is 1.93. The van der Waals surface area contributed by atoms with E-state index >= 15 is 0 Å². The summed E-state index contributed by atoms with van der Waals surface area (Å²) in [5.41, 5.74) is 0. The van der Waals surface area contributed by atoms with Crippen molar-refractivity contribution < 1.29 is 9.90 Å². The average Bonchev–Trinajstić information content (AvgIpc) is 1.99. The summed E-state index contributed by atoms with van der Waals surface area (Å²) < 4.78 is 0. The van der Waals surface area contributed by atoms with Crippen molar-refractivity contribution in [3.63, 3.8) is 0 Å². The molecule has 0 bridgehead atoms. The van der Waals surface area contributed by atoms with Gasteiger partial charge in [-0.15, -0.1) is 0 Å². The van der Waals surface area contributed by atoms with Crippen molar-refractivity contribution in [1.29, 1.82) is 0 Å². The number of nitrogens with zero attached hydrogens (tertiary/aromatic N) is 1. The van der Waals surface area contributed by atoms with Gasteiger partial charge in [-0.1, -0.05) is 13.3 Å². The Bertz CT molecular complexity index is 164. The highest BCUT2D eigenvalue weighted by Gasteiger charge is 2.24. The lowest BCUT2D eigenvalue weighted by Gasteiger charge is -2.39. The number of carbonyl (C=O) groups is 1. The quantitative estimate of drug-likeness (QED) is 0.683. The maximum atomic E-state index is 10.2. The van der Waals surface area contributed by atoms with Crippen molar-refractivity contribution in [3.8, 4) is 0 Å². The number of rotatable bonds is 6. The minimum Gasteiger partial charge on any atom is -0.481 e. The van der Waals surface area contributed by atoms with Crippen LogP contribution in [0.4, 0.5) is 0 Å². The van der Waals surface area contributed by atoms with Crippen LogP contribution >= 0.6 is 0 Å². The molecule has 76 valence electrons. The first-order valence-corrected chi connectivity index (χ1v) is 5.16. The van der Waals surface area contributed by atoms with Gasteiger partial charge in [0, 0.05) is 19.5 Å². The monoisotopic (exact) mass is 185 g/mol. The lowest BCUT2D eigenvalue weighted by molar-refractivity contribution is -0.137. The van der Waals surface area contributed by atoms with Gasteiger partial charge in [0.1, 0.15) is 0 Å². The molecule has 3 heteroatoms. The molecule has 0 saturated carbocycles. The maximum absolute atomic E-state index is 10.2. The fourth-order valence-electron chi connectivity index (χ4n) is 1.90. The lowest BCUT2D eigenvalue weighted by Crippen LogP contribution is -2.46. The van der Waals surface area contributed by atoms with E-state index in [1.165, 1.54) is 25.9 Å². The fourth-order valence-corrected chi connectivity index (χ4v) is 1.90. The Morgan fingerprint density at radius 3 is 2.77 bits per heavy atom. The van der Waals surface area contributed by atoms with E-state index < -0.39 is 5.97 Å². The number of likely N-dealkylation sites (tertiary alicyclic amines) is 1. The SMILES string of the molecule is CCCC1CN(CCCC(=O)O)C1. The molecule has 1 saturated heterocycles. The molecule has 0 aromatic carbocycles. The van der Waals surface area contributed by atoms with Gasteiger partial charge in [-0.25, -0.2) is 0 Å². The molecule has 0 spiro atoms. The first-order chi connectivity index (χ1) is 6.22. The molecular weight excluding hydrogens is 166 g/mol. The van der Waals surface area contributed by atoms with Gasteiger partial charge in [0.15, 0.2) is 0 Å². The second kappa shape index (κ2) is 5.22. The molecule has 0 radical (unpaired) electrons. The van der Waals surface area contributed by atoms with Crippen LogP contribution in [0.2, 0.25) is 0 Å². The van der Waals surface area contributed by atoms with Gasteiger partial charge < -0.3 is 10.0 Å². The van der Waals surface area contributed by atoms with Gasteiger partial charge in [0.05, 0.1) is 0 Å². The smallest absolute Gasteiger partial charge is 0.303 e. The molecule has 1 rings (SSSR count). The van der Waals surface area contributed by atoms with E-state index in [1.54, 1.807) is 0 Å². The molecule has 1 aliphatic rings. The third kappa shape index (κ3) is 3.77. The molecular formula is C10H19NO2. The normalized spacial score (nSPS) is 18.5. The van der Waals surface area contributed by atoms with Crippen LogP contribution in [-0.2, 0) is 4.79 Å². The van der Waals surface area contributed by atoms with E-state index in [0.717, 1.165) is 18.9 Å². The zero-order valence-corrected chi connectivity index (χ0v) is 8.33. The fraction of sp³-hybridized carbons (Fsp3) is 0.900. The van der Waals surface area contributed by atoms with Crippen LogP contribution in [0.5, 0.6) is 0 Å². The van der Waals surface area contributed by atoms with Gasteiger partial charge in [-0.3, -0.25) is 4.79 Å². The molecule has 0 aliphatic carbocycles. The molecule has 3 nitrogen and oxygen atoms in total. The molecule has 1 aliphatic heterocycles. The van der Waals surface area contributed by atoms with E-state index in [4.69, 9.17) is 5.11 Å². The van der Waals surface area contributed by atoms with E-state index in [9.17, 15) is 4.79 Å². The van der Waals surface area contributed by atoms with Crippen LogP contribution in [0.3, 0.4) is 0 Å². The first kappa shape index (κ1) is 10.5. The molecule has 0 aromatic rings. The lowest BCUT2D eigenvalue weighted by atomic mass is 9.95. The molecule has 13 heavy (non-hydrogen) atoms. The predicted octanol–water partition coefficient (Wildman–Crippen LogP) is 1.58. The van der Waals surface area contributed by atoms with Crippen LogP contribution in [0, 0.1) is 5.92 Å². The Morgan fingerprint density at radius 2 is 2.23 bits per heavy atom. The zero-order valence-electron chi connectivity index (χ0n) is 8.33. The second-order valence-electron chi connectivity index (χ2n) is 3.91.